The molecular formula is C14H19BN2O3. The Balaban J connectivity index is 2.31. The molecule has 2 N–H and O–H groups in total. The van der Waals surface area contributed by atoms with Gasteiger partial charge in [-0.3, -0.25) is 0 Å². The van der Waals surface area contributed by atoms with E-state index < -0.39 is 7.12 Å². The third-order valence-electron chi connectivity index (χ3n) is 3.22. The van der Waals surface area contributed by atoms with Gasteiger partial charge in [0, 0.05) is 24.4 Å². The van der Waals surface area contributed by atoms with Crippen molar-refractivity contribution in [2.75, 3.05) is 7.11 Å². The van der Waals surface area contributed by atoms with E-state index in [4.69, 9.17) is 4.74 Å². The number of aromatic nitrogens is 2. The maximum Gasteiger partial charge on any atom is 0.488 e. The molecule has 20 heavy (non-hydrogen) atoms. The number of methoxy groups -OCH3 is 1. The van der Waals surface area contributed by atoms with Crippen LogP contribution in [0.1, 0.15) is 24.7 Å². The Hall–Kier alpha value is -1.79. The number of nitrogens with zero attached hydrogens (tertiary/aromatic N) is 2. The van der Waals surface area contributed by atoms with Crippen molar-refractivity contribution < 1.29 is 14.8 Å². The van der Waals surface area contributed by atoms with Crippen molar-refractivity contribution in [1.29, 1.82) is 0 Å². The summed E-state index contributed by atoms with van der Waals surface area (Å²) >= 11 is 0. The highest BCUT2D eigenvalue weighted by molar-refractivity contribution is 6.58. The second kappa shape index (κ2) is 6.59. The molecule has 0 saturated heterocycles. The van der Waals surface area contributed by atoms with Crippen LogP contribution in [-0.4, -0.2) is 33.8 Å². The maximum atomic E-state index is 9.27. The van der Waals surface area contributed by atoms with Gasteiger partial charge in [-0.15, -0.1) is 0 Å². The Labute approximate surface area is 119 Å². The minimum Gasteiger partial charge on any atom is -0.496 e. The van der Waals surface area contributed by atoms with E-state index in [2.05, 4.69) is 16.5 Å². The van der Waals surface area contributed by atoms with Crippen LogP contribution in [0.5, 0.6) is 5.75 Å². The fourth-order valence-electron chi connectivity index (χ4n) is 2.20. The molecule has 1 aromatic heterocycles. The maximum absolute atomic E-state index is 9.27. The zero-order chi connectivity index (χ0) is 14.5. The lowest BCUT2D eigenvalue weighted by Gasteiger charge is -2.13. The molecule has 1 aromatic carbocycles. The summed E-state index contributed by atoms with van der Waals surface area (Å²) in [5.74, 6) is 1.75. The van der Waals surface area contributed by atoms with Gasteiger partial charge in [0.25, 0.3) is 0 Å². The Morgan fingerprint density at radius 3 is 2.80 bits per heavy atom. The number of hydrogen-bond donors (Lipinski definition) is 2. The second-order valence-corrected chi connectivity index (χ2v) is 4.67. The zero-order valence-corrected chi connectivity index (χ0v) is 11.8. The van der Waals surface area contributed by atoms with Gasteiger partial charge in [-0.1, -0.05) is 19.1 Å². The van der Waals surface area contributed by atoms with Gasteiger partial charge in [0.2, 0.25) is 0 Å². The topological polar surface area (TPSA) is 67.5 Å². The van der Waals surface area contributed by atoms with Gasteiger partial charge in [0.05, 0.1) is 13.7 Å². The van der Waals surface area contributed by atoms with Crippen LogP contribution in [0.15, 0.2) is 30.6 Å². The summed E-state index contributed by atoms with van der Waals surface area (Å²) in [5, 5.41) is 18.5. The Morgan fingerprint density at radius 2 is 2.15 bits per heavy atom. The van der Waals surface area contributed by atoms with Crippen LogP contribution in [-0.2, 0) is 13.0 Å². The summed E-state index contributed by atoms with van der Waals surface area (Å²) in [6, 6.07) is 5.15. The van der Waals surface area contributed by atoms with Gasteiger partial charge in [-0.05, 0) is 17.9 Å². The number of imidazole rings is 1. The molecular weight excluding hydrogens is 255 g/mol. The van der Waals surface area contributed by atoms with Crippen LogP contribution in [0.2, 0.25) is 0 Å². The van der Waals surface area contributed by atoms with Crippen LogP contribution in [0.3, 0.4) is 0 Å². The molecule has 106 valence electrons. The lowest BCUT2D eigenvalue weighted by Crippen LogP contribution is -2.30. The summed E-state index contributed by atoms with van der Waals surface area (Å²) < 4.78 is 7.38. The first-order valence-electron chi connectivity index (χ1n) is 6.68. The fraction of sp³-hybridized carbons (Fsp3) is 0.357. The van der Waals surface area contributed by atoms with Crippen molar-refractivity contribution >= 4 is 12.6 Å². The van der Waals surface area contributed by atoms with E-state index in [1.54, 1.807) is 31.5 Å². The molecule has 0 atom stereocenters. The van der Waals surface area contributed by atoms with Gasteiger partial charge in [-0.2, -0.15) is 0 Å². The van der Waals surface area contributed by atoms with E-state index >= 15 is 0 Å². The van der Waals surface area contributed by atoms with E-state index in [1.165, 1.54) is 0 Å². The van der Waals surface area contributed by atoms with E-state index in [-0.39, 0.29) is 0 Å². The molecule has 5 nitrogen and oxygen atoms in total. The number of rotatable bonds is 6. The van der Waals surface area contributed by atoms with Gasteiger partial charge >= 0.3 is 7.12 Å². The summed E-state index contributed by atoms with van der Waals surface area (Å²) in [5.41, 5.74) is 1.35. The second-order valence-electron chi connectivity index (χ2n) is 4.67. The van der Waals surface area contributed by atoms with E-state index in [9.17, 15) is 10.0 Å². The number of ether oxygens (including phenoxy) is 1. The molecule has 0 fully saturated rings. The molecule has 0 amide bonds. The van der Waals surface area contributed by atoms with Gasteiger partial charge in [-0.25, -0.2) is 4.98 Å². The molecule has 0 aliphatic rings. The molecule has 2 aromatic rings. The highest BCUT2D eigenvalue weighted by Gasteiger charge is 2.14. The average Bonchev–Trinajstić information content (AvgIpc) is 2.86. The molecule has 0 aliphatic carbocycles. The van der Waals surface area contributed by atoms with E-state index in [0.717, 1.165) is 30.0 Å². The quantitative estimate of drug-likeness (QED) is 0.756. The molecule has 1 heterocycles. The monoisotopic (exact) mass is 274 g/mol. The van der Waals surface area contributed by atoms with Crippen molar-refractivity contribution in [2.24, 2.45) is 0 Å². The Morgan fingerprint density at radius 1 is 1.35 bits per heavy atom. The van der Waals surface area contributed by atoms with Crippen molar-refractivity contribution in [3.05, 3.63) is 42.0 Å². The van der Waals surface area contributed by atoms with Crippen molar-refractivity contribution in [3.8, 4) is 5.75 Å². The highest BCUT2D eigenvalue weighted by atomic mass is 16.5. The third kappa shape index (κ3) is 3.21. The number of aryl methyl sites for hydroxylation is 1. The largest absolute Gasteiger partial charge is 0.496 e. The van der Waals surface area contributed by atoms with Crippen LogP contribution < -0.4 is 10.2 Å². The summed E-state index contributed by atoms with van der Waals surface area (Å²) in [7, 11) is 0.131. The zero-order valence-electron chi connectivity index (χ0n) is 11.8. The molecule has 0 radical (unpaired) electrons. The molecule has 0 aliphatic heterocycles. The van der Waals surface area contributed by atoms with E-state index in [0.29, 0.717) is 12.0 Å². The van der Waals surface area contributed by atoms with Gasteiger partial charge in [0.15, 0.2) is 0 Å². The van der Waals surface area contributed by atoms with Gasteiger partial charge < -0.3 is 19.4 Å². The lowest BCUT2D eigenvalue weighted by atomic mass is 9.79. The first kappa shape index (κ1) is 14.6. The SMILES string of the molecule is CCCc1nccn1Cc1cc(B(O)O)ccc1OC. The highest BCUT2D eigenvalue weighted by Crippen LogP contribution is 2.18. The van der Waals surface area contributed by atoms with Crippen LogP contribution in [0.25, 0.3) is 0 Å². The summed E-state index contributed by atoms with van der Waals surface area (Å²) in [4.78, 5) is 4.34. The van der Waals surface area contributed by atoms with Crippen LogP contribution >= 0.6 is 0 Å². The first-order chi connectivity index (χ1) is 9.65. The summed E-state index contributed by atoms with van der Waals surface area (Å²) in [6.07, 6.45) is 5.65. The normalized spacial score (nSPS) is 10.6. The molecule has 0 bridgehead atoms. The molecule has 2 rings (SSSR count). The minimum absolute atomic E-state index is 0.456. The standard InChI is InChI=1S/C14H19BN2O3/c1-3-4-14-16-7-8-17(14)10-11-9-12(15(18)19)5-6-13(11)20-2/h5-9,18-19H,3-4,10H2,1-2H3. The molecule has 0 unspecified atom stereocenters. The summed E-state index contributed by atoms with van der Waals surface area (Å²) in [6.45, 7) is 2.71. The molecule has 0 spiro atoms. The predicted octanol–water partition coefficient (Wildman–Crippen LogP) is 0.572. The Bertz CT molecular complexity index is 569. The number of hydrogen-bond acceptors (Lipinski definition) is 4. The predicted molar refractivity (Wildman–Crippen MR) is 78.1 cm³/mol. The first-order valence-corrected chi connectivity index (χ1v) is 6.68. The van der Waals surface area contributed by atoms with Crippen molar-refractivity contribution in [2.45, 2.75) is 26.3 Å². The molecule has 6 heteroatoms. The lowest BCUT2D eigenvalue weighted by molar-refractivity contribution is 0.407. The number of benzene rings is 1. The molecule has 0 saturated carbocycles. The third-order valence-corrected chi connectivity index (χ3v) is 3.22. The average molecular weight is 274 g/mol. The Kier molecular flexibility index (Phi) is 4.81. The van der Waals surface area contributed by atoms with Crippen LogP contribution in [0, 0.1) is 0 Å². The van der Waals surface area contributed by atoms with Crippen molar-refractivity contribution in [3.63, 3.8) is 0 Å². The van der Waals surface area contributed by atoms with Gasteiger partial charge in [0.1, 0.15) is 11.6 Å². The fourth-order valence-corrected chi connectivity index (χ4v) is 2.20. The van der Waals surface area contributed by atoms with E-state index in [1.807, 2.05) is 6.20 Å². The van der Waals surface area contributed by atoms with Crippen LogP contribution in [0.4, 0.5) is 0 Å². The minimum atomic E-state index is -1.47. The van der Waals surface area contributed by atoms with Crippen molar-refractivity contribution in [1.82, 2.24) is 9.55 Å². The smallest absolute Gasteiger partial charge is 0.488 e.